The van der Waals surface area contributed by atoms with E-state index in [2.05, 4.69) is 10.4 Å². The molecule has 2 aromatic rings. The van der Waals surface area contributed by atoms with Gasteiger partial charge < -0.3 is 15.8 Å². The largest absolute Gasteiger partial charge is 0.381 e. The van der Waals surface area contributed by atoms with Crippen molar-refractivity contribution >= 4 is 18.3 Å². The second-order valence-corrected chi connectivity index (χ2v) is 6.01. The van der Waals surface area contributed by atoms with Crippen LogP contribution in [0.5, 0.6) is 0 Å². The van der Waals surface area contributed by atoms with E-state index in [4.69, 9.17) is 10.5 Å². The number of ether oxygens (including phenoxy) is 1. The predicted octanol–water partition coefficient (Wildman–Crippen LogP) is 1.98. The molecule has 1 unspecified atom stereocenters. The highest BCUT2D eigenvalue weighted by molar-refractivity contribution is 5.86. The third kappa shape index (κ3) is 3.95. The minimum absolute atomic E-state index is 0. The number of hydrogen-bond donors (Lipinski definition) is 2. The monoisotopic (exact) mass is 350 g/mol. The maximum Gasteiger partial charge on any atom is 0.240 e. The van der Waals surface area contributed by atoms with Crippen LogP contribution < -0.4 is 11.1 Å². The summed E-state index contributed by atoms with van der Waals surface area (Å²) in [6, 6.07) is 9.74. The molecule has 0 bridgehead atoms. The molecule has 1 aromatic heterocycles. The molecular weight excluding hydrogens is 328 g/mol. The van der Waals surface area contributed by atoms with E-state index in [1.165, 1.54) is 0 Å². The van der Waals surface area contributed by atoms with Gasteiger partial charge in [-0.3, -0.25) is 4.79 Å². The maximum atomic E-state index is 12.5. The fourth-order valence-electron chi connectivity index (χ4n) is 2.72. The van der Waals surface area contributed by atoms with E-state index in [1.54, 1.807) is 10.9 Å². The average molecular weight is 351 g/mol. The van der Waals surface area contributed by atoms with Gasteiger partial charge in [0.25, 0.3) is 0 Å². The maximum absolute atomic E-state index is 12.5. The molecule has 1 aliphatic rings. The molecule has 24 heavy (non-hydrogen) atoms. The lowest BCUT2D eigenvalue weighted by molar-refractivity contribution is -0.130. The Labute approximate surface area is 147 Å². The molecule has 1 aromatic carbocycles. The lowest BCUT2D eigenvalue weighted by Crippen LogP contribution is -2.57. The van der Waals surface area contributed by atoms with Crippen LogP contribution in [0.2, 0.25) is 0 Å². The number of nitrogens with one attached hydrogen (secondary N) is 1. The smallest absolute Gasteiger partial charge is 0.240 e. The molecule has 0 spiro atoms. The Kier molecular flexibility index (Phi) is 5.99. The first-order valence-corrected chi connectivity index (χ1v) is 7.86. The minimum atomic E-state index is -0.818. The van der Waals surface area contributed by atoms with Gasteiger partial charge in [0.15, 0.2) is 0 Å². The molecule has 3 rings (SSSR count). The van der Waals surface area contributed by atoms with E-state index < -0.39 is 5.54 Å². The first-order chi connectivity index (χ1) is 11.1. The highest BCUT2D eigenvalue weighted by atomic mass is 35.5. The SMILES string of the molecule is CC(NC(=O)C1(N)CCOCC1)c1ccc(-n2cccn2)cc1.Cl. The van der Waals surface area contributed by atoms with Crippen LogP contribution in [0.1, 0.15) is 31.4 Å². The minimum Gasteiger partial charge on any atom is -0.381 e. The molecule has 130 valence electrons. The van der Waals surface area contributed by atoms with Gasteiger partial charge in [-0.05, 0) is 43.5 Å². The summed E-state index contributed by atoms with van der Waals surface area (Å²) in [5.74, 6) is -0.107. The molecule has 0 aliphatic carbocycles. The highest BCUT2D eigenvalue weighted by Gasteiger charge is 2.36. The van der Waals surface area contributed by atoms with E-state index in [-0.39, 0.29) is 24.4 Å². The zero-order valence-electron chi connectivity index (χ0n) is 13.6. The molecule has 1 amide bonds. The summed E-state index contributed by atoms with van der Waals surface area (Å²) >= 11 is 0. The van der Waals surface area contributed by atoms with E-state index in [0.717, 1.165) is 11.3 Å². The molecule has 2 heterocycles. The Hall–Kier alpha value is -1.89. The molecule has 3 N–H and O–H groups in total. The number of rotatable bonds is 4. The van der Waals surface area contributed by atoms with Gasteiger partial charge in [0.2, 0.25) is 5.91 Å². The molecule has 0 saturated carbocycles. The van der Waals surface area contributed by atoms with Crippen molar-refractivity contribution in [2.75, 3.05) is 13.2 Å². The lowest BCUT2D eigenvalue weighted by Gasteiger charge is -2.33. The molecule has 1 atom stereocenters. The van der Waals surface area contributed by atoms with E-state index in [9.17, 15) is 4.79 Å². The molecule has 1 fully saturated rings. The fourth-order valence-corrected chi connectivity index (χ4v) is 2.72. The zero-order valence-corrected chi connectivity index (χ0v) is 14.5. The standard InChI is InChI=1S/C17H22N4O2.ClH/c1-13(20-16(22)17(18)7-11-23-12-8-17)14-3-5-15(6-4-14)21-10-2-9-19-21;/h2-6,9-10,13H,7-8,11-12,18H2,1H3,(H,20,22);1H. The van der Waals surface area contributed by atoms with Gasteiger partial charge in [-0.1, -0.05) is 12.1 Å². The molecule has 0 radical (unpaired) electrons. The summed E-state index contributed by atoms with van der Waals surface area (Å²) in [5, 5.41) is 7.22. The normalized spacial score (nSPS) is 17.6. The van der Waals surface area contributed by atoms with Crippen LogP contribution in [-0.4, -0.2) is 34.4 Å². The third-order valence-electron chi connectivity index (χ3n) is 4.35. The van der Waals surface area contributed by atoms with Crippen LogP contribution >= 0.6 is 12.4 Å². The van der Waals surface area contributed by atoms with Crippen molar-refractivity contribution < 1.29 is 9.53 Å². The Bertz CT molecular complexity index is 652. The Morgan fingerprint density at radius 3 is 2.58 bits per heavy atom. The molecule has 1 saturated heterocycles. The van der Waals surface area contributed by atoms with Crippen LogP contribution in [0.25, 0.3) is 5.69 Å². The summed E-state index contributed by atoms with van der Waals surface area (Å²) in [7, 11) is 0. The second-order valence-electron chi connectivity index (χ2n) is 6.01. The average Bonchev–Trinajstić information content (AvgIpc) is 3.10. The van der Waals surface area contributed by atoms with Gasteiger partial charge in [-0.25, -0.2) is 4.68 Å². The number of nitrogens with two attached hydrogens (primary N) is 1. The van der Waals surface area contributed by atoms with Crippen LogP contribution in [-0.2, 0) is 9.53 Å². The van der Waals surface area contributed by atoms with Crippen molar-refractivity contribution in [3.05, 3.63) is 48.3 Å². The highest BCUT2D eigenvalue weighted by Crippen LogP contribution is 2.21. The summed E-state index contributed by atoms with van der Waals surface area (Å²) in [6.45, 7) is 3.04. The van der Waals surface area contributed by atoms with Gasteiger partial charge in [-0.2, -0.15) is 5.10 Å². The second kappa shape index (κ2) is 7.79. The Balaban J connectivity index is 0.00000208. The van der Waals surface area contributed by atoms with Crippen molar-refractivity contribution in [3.63, 3.8) is 0 Å². The van der Waals surface area contributed by atoms with Crippen LogP contribution in [0.4, 0.5) is 0 Å². The number of halogens is 1. The molecule has 6 nitrogen and oxygen atoms in total. The summed E-state index contributed by atoms with van der Waals surface area (Å²) in [4.78, 5) is 12.5. The molecular formula is C17H23ClN4O2. The van der Waals surface area contributed by atoms with Gasteiger partial charge in [0.05, 0.1) is 17.3 Å². The number of carbonyl (C=O) groups is 1. The number of benzene rings is 1. The van der Waals surface area contributed by atoms with Gasteiger partial charge in [0, 0.05) is 25.6 Å². The summed E-state index contributed by atoms with van der Waals surface area (Å²) in [6.07, 6.45) is 4.75. The van der Waals surface area contributed by atoms with Crippen molar-refractivity contribution in [1.82, 2.24) is 15.1 Å². The Morgan fingerprint density at radius 2 is 2.00 bits per heavy atom. The Morgan fingerprint density at radius 1 is 1.33 bits per heavy atom. The number of aromatic nitrogens is 2. The summed E-state index contributed by atoms with van der Waals surface area (Å²) < 4.78 is 7.08. The van der Waals surface area contributed by atoms with Crippen molar-refractivity contribution in [2.24, 2.45) is 5.73 Å². The number of nitrogens with zero attached hydrogens (tertiary/aromatic N) is 2. The van der Waals surface area contributed by atoms with Crippen LogP contribution in [0, 0.1) is 0 Å². The van der Waals surface area contributed by atoms with Crippen LogP contribution in [0.15, 0.2) is 42.7 Å². The zero-order chi connectivity index (χ0) is 16.3. The fraction of sp³-hybridized carbons (Fsp3) is 0.412. The van der Waals surface area contributed by atoms with E-state index in [1.807, 2.05) is 43.5 Å². The number of carbonyl (C=O) groups excluding carboxylic acids is 1. The quantitative estimate of drug-likeness (QED) is 0.883. The first-order valence-electron chi connectivity index (χ1n) is 7.86. The van der Waals surface area contributed by atoms with Crippen molar-refractivity contribution in [3.8, 4) is 5.69 Å². The predicted molar refractivity (Wildman–Crippen MR) is 94.3 cm³/mol. The van der Waals surface area contributed by atoms with Crippen molar-refractivity contribution in [2.45, 2.75) is 31.3 Å². The van der Waals surface area contributed by atoms with E-state index in [0.29, 0.717) is 26.1 Å². The number of amides is 1. The topological polar surface area (TPSA) is 82.2 Å². The first kappa shape index (κ1) is 18.4. The van der Waals surface area contributed by atoms with Gasteiger partial charge >= 0.3 is 0 Å². The van der Waals surface area contributed by atoms with Gasteiger partial charge in [-0.15, -0.1) is 12.4 Å². The molecule has 7 heteroatoms. The lowest BCUT2D eigenvalue weighted by atomic mass is 9.90. The number of hydrogen-bond acceptors (Lipinski definition) is 4. The molecule has 1 aliphatic heterocycles. The third-order valence-corrected chi connectivity index (χ3v) is 4.35. The summed E-state index contributed by atoms with van der Waals surface area (Å²) in [5.41, 5.74) is 7.41. The van der Waals surface area contributed by atoms with Crippen molar-refractivity contribution in [1.29, 1.82) is 0 Å². The van der Waals surface area contributed by atoms with E-state index >= 15 is 0 Å². The van der Waals surface area contributed by atoms with Gasteiger partial charge in [0.1, 0.15) is 0 Å². The van der Waals surface area contributed by atoms with Crippen LogP contribution in [0.3, 0.4) is 0 Å².